The zero-order chi connectivity index (χ0) is 12.7. The van der Waals surface area contributed by atoms with Gasteiger partial charge in [0.2, 0.25) is 11.8 Å². The molecule has 0 heterocycles. The van der Waals surface area contributed by atoms with E-state index in [1.165, 1.54) is 6.92 Å². The highest BCUT2D eigenvalue weighted by Gasteiger charge is 2.01. The number of carbonyl (C=O) groups is 2. The van der Waals surface area contributed by atoms with Gasteiger partial charge in [-0.05, 0) is 11.1 Å². The van der Waals surface area contributed by atoms with E-state index in [0.717, 1.165) is 11.1 Å². The van der Waals surface area contributed by atoms with Crippen molar-refractivity contribution in [2.24, 2.45) is 5.73 Å². The van der Waals surface area contributed by atoms with E-state index in [4.69, 9.17) is 5.73 Å². The summed E-state index contributed by atoms with van der Waals surface area (Å²) in [6.45, 7) is 2.34. The standard InChI is InChI=1S/C12H17N3O2/c1-9(16)14-8-12(17)15-7-11-4-2-10(6-13)3-5-11/h2-5H,6-8,13H2,1H3,(H,14,16)(H,15,17). The average Bonchev–Trinajstić information content (AvgIpc) is 2.34. The van der Waals surface area contributed by atoms with Gasteiger partial charge in [-0.2, -0.15) is 0 Å². The number of rotatable bonds is 5. The van der Waals surface area contributed by atoms with Crippen molar-refractivity contribution in [1.29, 1.82) is 0 Å². The van der Waals surface area contributed by atoms with E-state index in [0.29, 0.717) is 13.1 Å². The Labute approximate surface area is 100 Å². The lowest BCUT2D eigenvalue weighted by Gasteiger charge is -2.06. The van der Waals surface area contributed by atoms with E-state index in [9.17, 15) is 9.59 Å². The fourth-order valence-electron chi connectivity index (χ4n) is 1.26. The van der Waals surface area contributed by atoms with Gasteiger partial charge in [0.25, 0.3) is 0 Å². The van der Waals surface area contributed by atoms with Crippen LogP contribution in [0.2, 0.25) is 0 Å². The van der Waals surface area contributed by atoms with Crippen LogP contribution in [0.5, 0.6) is 0 Å². The fourth-order valence-corrected chi connectivity index (χ4v) is 1.26. The zero-order valence-corrected chi connectivity index (χ0v) is 9.82. The van der Waals surface area contributed by atoms with Crippen LogP contribution in [0.1, 0.15) is 18.1 Å². The Balaban J connectivity index is 2.34. The van der Waals surface area contributed by atoms with Crippen molar-refractivity contribution in [2.75, 3.05) is 6.54 Å². The van der Waals surface area contributed by atoms with E-state index in [1.54, 1.807) is 0 Å². The summed E-state index contributed by atoms with van der Waals surface area (Å²) in [4.78, 5) is 21.9. The van der Waals surface area contributed by atoms with Gasteiger partial charge in [0, 0.05) is 20.0 Å². The van der Waals surface area contributed by atoms with Gasteiger partial charge in [-0.15, -0.1) is 0 Å². The topological polar surface area (TPSA) is 84.2 Å². The second kappa shape index (κ2) is 6.65. The van der Waals surface area contributed by atoms with Gasteiger partial charge in [-0.1, -0.05) is 24.3 Å². The molecule has 0 spiro atoms. The molecule has 0 bridgehead atoms. The van der Waals surface area contributed by atoms with Crippen LogP contribution >= 0.6 is 0 Å². The van der Waals surface area contributed by atoms with Crippen molar-refractivity contribution in [3.63, 3.8) is 0 Å². The highest BCUT2D eigenvalue weighted by molar-refractivity contribution is 5.83. The molecule has 4 N–H and O–H groups in total. The summed E-state index contributed by atoms with van der Waals surface area (Å²) in [5.74, 6) is -0.421. The van der Waals surface area contributed by atoms with Crippen molar-refractivity contribution in [1.82, 2.24) is 10.6 Å². The molecular weight excluding hydrogens is 218 g/mol. The molecule has 0 aliphatic heterocycles. The molecule has 92 valence electrons. The number of hydrogen-bond donors (Lipinski definition) is 3. The van der Waals surface area contributed by atoms with Crippen molar-refractivity contribution in [2.45, 2.75) is 20.0 Å². The largest absolute Gasteiger partial charge is 0.350 e. The number of nitrogens with two attached hydrogens (primary N) is 1. The number of carbonyl (C=O) groups excluding carboxylic acids is 2. The van der Waals surface area contributed by atoms with E-state index in [2.05, 4.69) is 10.6 Å². The zero-order valence-electron chi connectivity index (χ0n) is 9.82. The Morgan fingerprint density at radius 3 is 2.24 bits per heavy atom. The maximum Gasteiger partial charge on any atom is 0.239 e. The molecule has 0 atom stereocenters. The Hall–Kier alpha value is -1.88. The molecule has 1 aromatic carbocycles. The quantitative estimate of drug-likeness (QED) is 0.666. The van der Waals surface area contributed by atoms with Crippen LogP contribution in [0, 0.1) is 0 Å². The third kappa shape index (κ3) is 5.12. The van der Waals surface area contributed by atoms with Gasteiger partial charge in [-0.25, -0.2) is 0 Å². The second-order valence-electron chi connectivity index (χ2n) is 3.71. The summed E-state index contributed by atoms with van der Waals surface area (Å²) < 4.78 is 0. The third-order valence-corrected chi connectivity index (χ3v) is 2.25. The molecule has 5 heteroatoms. The summed E-state index contributed by atoms with van der Waals surface area (Å²) in [5.41, 5.74) is 7.53. The molecule has 0 saturated carbocycles. The van der Waals surface area contributed by atoms with Gasteiger partial charge >= 0.3 is 0 Å². The Kier molecular flexibility index (Phi) is 5.16. The minimum Gasteiger partial charge on any atom is -0.350 e. The van der Waals surface area contributed by atoms with Crippen molar-refractivity contribution in [3.05, 3.63) is 35.4 Å². The third-order valence-electron chi connectivity index (χ3n) is 2.25. The van der Waals surface area contributed by atoms with Gasteiger partial charge in [0.1, 0.15) is 0 Å². The van der Waals surface area contributed by atoms with E-state index in [-0.39, 0.29) is 18.4 Å². The predicted octanol–water partition coefficient (Wildman–Crippen LogP) is -0.102. The van der Waals surface area contributed by atoms with Crippen LogP contribution in [-0.2, 0) is 22.7 Å². The molecule has 17 heavy (non-hydrogen) atoms. The maximum atomic E-state index is 11.3. The monoisotopic (exact) mass is 235 g/mol. The first-order valence-electron chi connectivity index (χ1n) is 5.41. The molecule has 5 nitrogen and oxygen atoms in total. The van der Waals surface area contributed by atoms with E-state index >= 15 is 0 Å². The van der Waals surface area contributed by atoms with Crippen LogP contribution in [-0.4, -0.2) is 18.4 Å². The molecule has 1 rings (SSSR count). The molecule has 1 aromatic rings. The first kappa shape index (κ1) is 13.2. The lowest BCUT2D eigenvalue weighted by atomic mass is 10.1. The van der Waals surface area contributed by atoms with Crippen molar-refractivity contribution < 1.29 is 9.59 Å². The summed E-state index contributed by atoms with van der Waals surface area (Å²) in [6.07, 6.45) is 0. The first-order valence-corrected chi connectivity index (χ1v) is 5.41. The lowest BCUT2D eigenvalue weighted by Crippen LogP contribution is -2.35. The normalized spacial score (nSPS) is 9.76. The highest BCUT2D eigenvalue weighted by Crippen LogP contribution is 2.02. The molecule has 0 aromatic heterocycles. The van der Waals surface area contributed by atoms with E-state index < -0.39 is 0 Å². The summed E-state index contributed by atoms with van der Waals surface area (Å²) in [5, 5.41) is 5.14. The van der Waals surface area contributed by atoms with Crippen LogP contribution in [0.3, 0.4) is 0 Å². The lowest BCUT2D eigenvalue weighted by molar-refractivity contribution is -0.125. The van der Waals surface area contributed by atoms with Crippen molar-refractivity contribution in [3.8, 4) is 0 Å². The van der Waals surface area contributed by atoms with Crippen molar-refractivity contribution >= 4 is 11.8 Å². The van der Waals surface area contributed by atoms with Crippen LogP contribution in [0.25, 0.3) is 0 Å². The van der Waals surface area contributed by atoms with Crippen LogP contribution in [0.15, 0.2) is 24.3 Å². The Morgan fingerprint density at radius 1 is 1.12 bits per heavy atom. The predicted molar refractivity (Wildman–Crippen MR) is 64.9 cm³/mol. The smallest absolute Gasteiger partial charge is 0.239 e. The van der Waals surface area contributed by atoms with Gasteiger partial charge in [0.15, 0.2) is 0 Å². The van der Waals surface area contributed by atoms with Gasteiger partial charge in [-0.3, -0.25) is 9.59 Å². The molecule has 0 unspecified atom stereocenters. The summed E-state index contributed by atoms with van der Waals surface area (Å²) in [7, 11) is 0. The number of amides is 2. The molecule has 2 amide bonds. The number of nitrogens with one attached hydrogen (secondary N) is 2. The molecule has 0 radical (unpaired) electrons. The second-order valence-corrected chi connectivity index (χ2v) is 3.71. The van der Waals surface area contributed by atoms with E-state index in [1.807, 2.05) is 24.3 Å². The minimum absolute atomic E-state index is 0.0101. The Morgan fingerprint density at radius 2 is 1.71 bits per heavy atom. The van der Waals surface area contributed by atoms with Gasteiger partial charge in [0.05, 0.1) is 6.54 Å². The van der Waals surface area contributed by atoms with Crippen LogP contribution < -0.4 is 16.4 Å². The minimum atomic E-state index is -0.215. The average molecular weight is 235 g/mol. The SMILES string of the molecule is CC(=O)NCC(=O)NCc1ccc(CN)cc1. The molecule has 0 aliphatic carbocycles. The summed E-state index contributed by atoms with van der Waals surface area (Å²) >= 11 is 0. The maximum absolute atomic E-state index is 11.3. The number of benzene rings is 1. The molecule has 0 aliphatic rings. The Bertz CT molecular complexity index is 387. The fraction of sp³-hybridized carbons (Fsp3) is 0.333. The molecule has 0 fully saturated rings. The highest BCUT2D eigenvalue weighted by atomic mass is 16.2. The molecular formula is C12H17N3O2. The molecule has 0 saturated heterocycles. The van der Waals surface area contributed by atoms with Crippen LogP contribution in [0.4, 0.5) is 0 Å². The first-order chi connectivity index (χ1) is 8.11. The number of hydrogen-bond acceptors (Lipinski definition) is 3. The summed E-state index contributed by atoms with van der Waals surface area (Å²) in [6, 6.07) is 7.69. The van der Waals surface area contributed by atoms with Gasteiger partial charge < -0.3 is 16.4 Å².